The fraction of sp³-hybridized carbons (Fsp3) is 0.471. The normalized spacial score (nSPS) is 12.0. The number of thiophene rings is 2. The highest BCUT2D eigenvalue weighted by molar-refractivity contribution is 7.20. The molecule has 0 N–H and O–H groups in total. The smallest absolute Gasteiger partial charge is 0.207 e. The first-order chi connectivity index (χ1) is 44.0. The van der Waals surface area contributed by atoms with Gasteiger partial charge in [-0.05, 0) is 36.8 Å². The van der Waals surface area contributed by atoms with Crippen LogP contribution in [-0.4, -0.2) is 6.15 Å². The minimum Gasteiger partial charge on any atom is -0.207 e. The summed E-state index contributed by atoms with van der Waals surface area (Å²) in [6, 6.07) is 4.90. The van der Waals surface area contributed by atoms with Crippen LogP contribution >= 0.6 is 22.7 Å². The van der Waals surface area contributed by atoms with Gasteiger partial charge in [0.05, 0.1) is 0 Å². The van der Waals surface area contributed by atoms with Crippen LogP contribution in [0.25, 0.3) is 12.2 Å². The molecule has 6 aromatic rings. The molecule has 4 aromatic carbocycles. The Morgan fingerprint density at radius 3 is 0.663 bits per heavy atom. The monoisotopic (exact) mass is 1470 g/mol. The second-order valence-electron chi connectivity index (χ2n) is 22.8. The van der Waals surface area contributed by atoms with E-state index in [0.29, 0.717) is 0 Å². The molecular weight excluding hydrogens is 1400 g/mol. The molecule has 0 saturated heterocycles. The van der Waals surface area contributed by atoms with E-state index in [4.69, 9.17) is 0 Å². The topological polar surface area (TPSA) is 0 Å². The molecule has 2 aromatic heterocycles. The molecule has 6 rings (SSSR count). The maximum absolute atomic E-state index is 15.4. The lowest BCUT2D eigenvalue weighted by Gasteiger charge is -2.44. The summed E-state index contributed by atoms with van der Waals surface area (Å²) in [6.45, 7) is 4.61. The number of allylic oxidation sites excluding steroid dienone is 2. The number of hydrogen-bond acceptors (Lipinski definition) is 2. The maximum atomic E-state index is 15.4. The first kappa shape index (κ1) is 77.9. The highest BCUT2D eigenvalue weighted by Crippen LogP contribution is 2.31. The third kappa shape index (κ3) is 20.1. The van der Waals surface area contributed by atoms with E-state index >= 15 is 35.1 Å². The number of benzene rings is 4. The van der Waals surface area contributed by atoms with Crippen LogP contribution in [0.2, 0.25) is 0 Å². The summed E-state index contributed by atoms with van der Waals surface area (Å²) in [4.78, 5) is 0. The molecule has 508 valence electrons. The van der Waals surface area contributed by atoms with E-state index in [1.165, 1.54) is 204 Å². The van der Waals surface area contributed by atoms with Crippen molar-refractivity contribution >= 4 is 62.8 Å². The van der Waals surface area contributed by atoms with Crippen LogP contribution in [0.15, 0.2) is 35.0 Å². The molecule has 24 heteroatoms. The highest BCUT2D eigenvalue weighted by atomic mass is 127. The molecule has 0 aliphatic rings. The van der Waals surface area contributed by atoms with Gasteiger partial charge in [-0.15, -0.1) is 21.9 Å². The minimum atomic E-state index is -7.22. The summed E-state index contributed by atoms with van der Waals surface area (Å²) < 4.78 is 297. The average molecular weight is 1470 g/mol. The van der Waals surface area contributed by atoms with Crippen molar-refractivity contribution in [2.75, 3.05) is 0 Å². The number of hydrogen-bond donors (Lipinski definition) is 0. The molecule has 0 amide bonds. The Balaban J connectivity index is 0.000000334. The zero-order chi connectivity index (χ0) is 67.7. The summed E-state index contributed by atoms with van der Waals surface area (Å²) in [5, 5.41) is 4.73. The van der Waals surface area contributed by atoms with Crippen molar-refractivity contribution < 1.29 is 109 Å². The molecule has 0 saturated carbocycles. The lowest BCUT2D eigenvalue weighted by molar-refractivity contribution is -0.585. The van der Waals surface area contributed by atoms with Crippen LogP contribution < -0.4 is 43.1 Å². The van der Waals surface area contributed by atoms with E-state index in [1.807, 2.05) is 22.7 Å². The summed E-state index contributed by atoms with van der Waals surface area (Å²) in [6.07, 6.45) is 45.0. The zero-order valence-electron chi connectivity index (χ0n) is 51.2. The van der Waals surface area contributed by atoms with Crippen LogP contribution in [0.5, 0.6) is 0 Å². The van der Waals surface area contributed by atoms with E-state index in [0.717, 1.165) is 0 Å². The summed E-state index contributed by atoms with van der Waals surface area (Å²) in [7, 11) is 0. The lowest BCUT2D eigenvalue weighted by atomic mass is 9.12. The summed E-state index contributed by atoms with van der Waals surface area (Å²) in [5.41, 5.74) is -11.5. The van der Waals surface area contributed by atoms with Gasteiger partial charge < -0.3 is 0 Å². The third-order valence-corrected chi connectivity index (χ3v) is 21.9. The Bertz CT molecular complexity index is 2920. The van der Waals surface area contributed by atoms with E-state index in [-0.39, 0.29) is 21.2 Å². The Morgan fingerprint density at radius 1 is 0.272 bits per heavy atom. The average Bonchev–Trinajstić information content (AvgIpc) is 0.777. The van der Waals surface area contributed by atoms with Crippen molar-refractivity contribution in [3.63, 3.8) is 0 Å². The van der Waals surface area contributed by atoms with Crippen molar-refractivity contribution in [2.24, 2.45) is 0 Å². The van der Waals surface area contributed by atoms with Gasteiger partial charge in [0.1, 0.15) is 52.7 Å². The zero-order valence-corrected chi connectivity index (χ0v) is 55.0. The van der Waals surface area contributed by atoms with Crippen molar-refractivity contribution in [1.82, 2.24) is 0 Å². The van der Waals surface area contributed by atoms with Gasteiger partial charge in [-0.1, -0.05) is 228 Å². The van der Waals surface area contributed by atoms with Crippen molar-refractivity contribution in [3.8, 4) is 0 Å². The highest BCUT2D eigenvalue weighted by Gasteiger charge is 2.52. The van der Waals surface area contributed by atoms with Gasteiger partial charge in [0, 0.05) is 22.9 Å². The van der Waals surface area contributed by atoms with Gasteiger partial charge in [-0.2, -0.15) is 0 Å². The fourth-order valence-corrected chi connectivity index (χ4v) is 17.0. The first-order valence-corrected chi connectivity index (χ1v) is 35.3. The quantitative estimate of drug-likeness (QED) is 0.00905. The van der Waals surface area contributed by atoms with E-state index in [1.54, 1.807) is 5.77 Å². The Labute approximate surface area is 543 Å². The molecule has 2 heterocycles. The van der Waals surface area contributed by atoms with Crippen molar-refractivity contribution in [3.05, 3.63) is 168 Å². The van der Waals surface area contributed by atoms with E-state index in [9.17, 15) is 52.7 Å². The fourth-order valence-electron chi connectivity index (χ4n) is 11.2. The molecular formula is C68H74BF20IS2. The second kappa shape index (κ2) is 39.3. The molecule has 0 atom stereocenters. The molecule has 0 nitrogen and oxygen atoms in total. The van der Waals surface area contributed by atoms with Gasteiger partial charge in [0.25, 0.3) is 0 Å². The third-order valence-electron chi connectivity index (χ3n) is 16.1. The van der Waals surface area contributed by atoms with Crippen LogP contribution in [0, 0.1) is 122 Å². The second-order valence-corrected chi connectivity index (χ2v) is 29.0. The van der Waals surface area contributed by atoms with Gasteiger partial charge >= 0.3 is 21.2 Å². The Kier molecular flexibility index (Phi) is 33.2. The van der Waals surface area contributed by atoms with Gasteiger partial charge in [0.2, 0.25) is 5.77 Å². The van der Waals surface area contributed by atoms with Crippen molar-refractivity contribution in [1.29, 1.82) is 0 Å². The Hall–Kier alpha value is -4.85. The number of halogens is 21. The van der Waals surface area contributed by atoms with E-state index in [2.05, 4.69) is 61.0 Å². The molecule has 0 fully saturated rings. The molecule has 92 heavy (non-hydrogen) atoms. The first-order valence-electron chi connectivity index (χ1n) is 31.4. The van der Waals surface area contributed by atoms with Gasteiger partial charge in [-0.3, -0.25) is 0 Å². The maximum Gasteiger partial charge on any atom is 0.381 e. The minimum absolute atomic E-state index is 0.0429. The van der Waals surface area contributed by atoms with Gasteiger partial charge in [0.15, 0.2) is 69.8 Å². The molecule has 0 unspecified atom stereocenters. The van der Waals surface area contributed by atoms with Gasteiger partial charge in [-0.25, -0.2) is 87.8 Å². The lowest BCUT2D eigenvalue weighted by Crippen LogP contribution is -3.61. The molecule has 0 radical (unpaired) electrons. The van der Waals surface area contributed by atoms with Crippen LogP contribution in [0.1, 0.15) is 218 Å². The van der Waals surface area contributed by atoms with E-state index < -0.39 is 144 Å². The molecule has 0 bridgehead atoms. The predicted molar refractivity (Wildman–Crippen MR) is 323 cm³/mol. The Morgan fingerprint density at radius 2 is 0.457 bits per heavy atom. The molecule has 0 aliphatic carbocycles. The molecule has 0 spiro atoms. The predicted octanol–water partition coefficient (Wildman–Crippen LogP) is 19.6. The number of unbranched alkanes of at least 4 members (excludes halogenated alkanes) is 28. The van der Waals surface area contributed by atoms with Crippen LogP contribution in [0.4, 0.5) is 87.8 Å². The van der Waals surface area contributed by atoms with Crippen LogP contribution in [0.3, 0.4) is 0 Å². The summed E-state index contributed by atoms with van der Waals surface area (Å²) >= 11 is 3.89. The number of rotatable bonds is 38. The molecule has 0 aliphatic heterocycles. The van der Waals surface area contributed by atoms with Crippen molar-refractivity contribution in [2.45, 2.75) is 206 Å². The van der Waals surface area contributed by atoms with Crippen LogP contribution in [-0.2, 0) is 0 Å². The standard InChI is InChI=1S/C44H74IS2.C24BF20/c1-3-5-7-9-11-13-15-17-19-21-23-25-27-29-31-33-35-41-37-43(46-39-41)45-44-38-42(40-47-44)36-34-32-30-28-26-24-22-20-18-16-14-12-10-8-6-4-2;26-5-1(6(27)14(35)21(42)13(5)34)25(2-7(28)15(36)22(43)16(37)8(2)29,3-9(30)17(38)23(44)18(39)10(3)31)4-11(32)19(40)24(45)20(41)12(4)33/h33-40H,3-32H2,1-2H3;/q+1;-1. The summed E-state index contributed by atoms with van der Waals surface area (Å²) in [5.74, 6) is -71.4. The SMILES string of the molecule is CCCCCCCCCCCCCCCCC=Cc1csc([I+]c2cc(C=CCCCCCCCCCCCCCCCC)cs2)c1.Fc1c(F)c(F)c([B-](c2c(F)c(F)c(F)c(F)c2F)(c2c(F)c(F)c(F)c(F)c2F)c2c(F)c(F)c(F)c(F)c2F)c(F)c1F. The largest absolute Gasteiger partial charge is 0.381 e.